The Labute approximate surface area is 134 Å². The van der Waals surface area contributed by atoms with Crippen molar-refractivity contribution in [1.82, 2.24) is 4.72 Å². The number of halogens is 2. The van der Waals surface area contributed by atoms with Gasteiger partial charge in [0.05, 0.1) is 5.02 Å². The number of nitrogens with two attached hydrogens (primary N) is 1. The van der Waals surface area contributed by atoms with Crippen LogP contribution in [0.1, 0.15) is 19.4 Å². The van der Waals surface area contributed by atoms with Crippen molar-refractivity contribution in [2.24, 2.45) is 5.73 Å². The van der Waals surface area contributed by atoms with E-state index in [1.54, 1.807) is 17.8 Å². The van der Waals surface area contributed by atoms with E-state index in [2.05, 4.69) is 4.72 Å². The molecule has 20 heavy (non-hydrogen) atoms. The summed E-state index contributed by atoms with van der Waals surface area (Å²) in [5.74, 6) is 1.62. The topological polar surface area (TPSA) is 72.2 Å². The summed E-state index contributed by atoms with van der Waals surface area (Å²) in [7, 11) is -3.71. The van der Waals surface area contributed by atoms with Crippen LogP contribution in [0.2, 0.25) is 10.0 Å². The molecule has 0 saturated carbocycles. The van der Waals surface area contributed by atoms with Crippen molar-refractivity contribution in [3.63, 3.8) is 0 Å². The molecule has 0 aliphatic rings. The third kappa shape index (κ3) is 4.79. The molecule has 0 aliphatic carbocycles. The maximum absolute atomic E-state index is 12.3. The van der Waals surface area contributed by atoms with Crippen LogP contribution in [0.15, 0.2) is 17.0 Å². The largest absolute Gasteiger partial charge is 0.326 e. The van der Waals surface area contributed by atoms with Gasteiger partial charge in [0.15, 0.2) is 0 Å². The molecule has 0 saturated heterocycles. The van der Waals surface area contributed by atoms with Gasteiger partial charge in [-0.2, -0.15) is 11.8 Å². The number of thioether (sulfide) groups is 1. The predicted octanol–water partition coefficient (Wildman–Crippen LogP) is 2.87. The molecule has 114 valence electrons. The lowest BCUT2D eigenvalue weighted by Crippen LogP contribution is -2.34. The second-order valence-electron chi connectivity index (χ2n) is 4.26. The van der Waals surface area contributed by atoms with Gasteiger partial charge in [0.2, 0.25) is 10.0 Å². The van der Waals surface area contributed by atoms with Crippen molar-refractivity contribution in [2.75, 3.05) is 11.5 Å². The average molecular weight is 357 g/mol. The summed E-state index contributed by atoms with van der Waals surface area (Å²) in [6.45, 7) is 3.96. The molecule has 0 radical (unpaired) electrons. The quantitative estimate of drug-likeness (QED) is 0.787. The molecular weight excluding hydrogens is 339 g/mol. The van der Waals surface area contributed by atoms with Crippen LogP contribution in [0, 0.1) is 0 Å². The van der Waals surface area contributed by atoms with Gasteiger partial charge >= 0.3 is 0 Å². The van der Waals surface area contributed by atoms with E-state index < -0.39 is 10.0 Å². The molecule has 0 heterocycles. The van der Waals surface area contributed by atoms with Crippen LogP contribution in [0.3, 0.4) is 0 Å². The number of hydrogen-bond donors (Lipinski definition) is 2. The normalized spacial score (nSPS) is 13.4. The summed E-state index contributed by atoms with van der Waals surface area (Å²) in [5, 5.41) is 0.422. The highest BCUT2D eigenvalue weighted by Crippen LogP contribution is 2.29. The molecule has 1 rings (SSSR count). The number of benzene rings is 1. The summed E-state index contributed by atoms with van der Waals surface area (Å²) in [6, 6.07) is 2.71. The summed E-state index contributed by atoms with van der Waals surface area (Å²) in [4.78, 5) is -0.0273. The van der Waals surface area contributed by atoms with Gasteiger partial charge in [-0.1, -0.05) is 30.1 Å². The van der Waals surface area contributed by atoms with Crippen molar-refractivity contribution < 1.29 is 8.42 Å². The zero-order valence-electron chi connectivity index (χ0n) is 11.3. The first-order chi connectivity index (χ1) is 9.31. The van der Waals surface area contributed by atoms with Crippen molar-refractivity contribution in [3.05, 3.63) is 27.7 Å². The van der Waals surface area contributed by atoms with E-state index in [1.165, 1.54) is 6.07 Å². The van der Waals surface area contributed by atoms with Gasteiger partial charge in [0.1, 0.15) is 4.90 Å². The molecule has 1 unspecified atom stereocenters. The first-order valence-electron chi connectivity index (χ1n) is 6.09. The predicted molar refractivity (Wildman–Crippen MR) is 87.1 cm³/mol. The second kappa shape index (κ2) is 7.87. The Kier molecular flexibility index (Phi) is 7.11. The monoisotopic (exact) mass is 356 g/mol. The maximum Gasteiger partial charge on any atom is 0.242 e. The Morgan fingerprint density at radius 2 is 2.05 bits per heavy atom. The maximum atomic E-state index is 12.3. The minimum absolute atomic E-state index is 0.0273. The lowest BCUT2D eigenvalue weighted by Gasteiger charge is -2.16. The fourth-order valence-corrected chi connectivity index (χ4v) is 4.58. The Bertz CT molecular complexity index is 565. The molecule has 0 spiro atoms. The van der Waals surface area contributed by atoms with E-state index in [9.17, 15) is 8.42 Å². The Hall–Kier alpha value is 0.0200. The number of rotatable bonds is 7. The Balaban J connectivity index is 3.06. The van der Waals surface area contributed by atoms with Crippen molar-refractivity contribution in [3.8, 4) is 0 Å². The molecular formula is C12H18Cl2N2O2S2. The average Bonchev–Trinajstić information content (AvgIpc) is 2.37. The van der Waals surface area contributed by atoms with Crippen LogP contribution < -0.4 is 10.5 Å². The third-order valence-corrected chi connectivity index (χ3v) is 6.05. The second-order valence-corrected chi connectivity index (χ2v) is 8.08. The fraction of sp³-hybridized carbons (Fsp3) is 0.500. The Morgan fingerprint density at radius 1 is 1.40 bits per heavy atom. The standard InChI is InChI=1S/C12H18Cl2N2O2S2/c1-3-19-7-8(2)16-20(17,18)11-5-10(13)4-9(6-15)12(11)14/h4-5,8,16H,3,6-7,15H2,1-2H3. The lowest BCUT2D eigenvalue weighted by atomic mass is 10.2. The number of nitrogens with one attached hydrogen (secondary N) is 1. The van der Waals surface area contributed by atoms with Crippen LogP contribution in [-0.2, 0) is 16.6 Å². The molecule has 4 nitrogen and oxygen atoms in total. The van der Waals surface area contributed by atoms with E-state index in [1.807, 2.05) is 13.8 Å². The van der Waals surface area contributed by atoms with E-state index in [0.29, 0.717) is 16.3 Å². The molecule has 1 atom stereocenters. The number of hydrogen-bond acceptors (Lipinski definition) is 4. The molecule has 0 fully saturated rings. The summed E-state index contributed by atoms with van der Waals surface area (Å²) in [6.07, 6.45) is 0. The summed E-state index contributed by atoms with van der Waals surface area (Å²) in [5.41, 5.74) is 6.05. The van der Waals surface area contributed by atoms with Crippen LogP contribution in [-0.4, -0.2) is 26.0 Å². The molecule has 1 aromatic carbocycles. The summed E-state index contributed by atoms with van der Waals surface area (Å²) >= 11 is 13.7. The minimum Gasteiger partial charge on any atom is -0.326 e. The first kappa shape index (κ1) is 18.1. The highest BCUT2D eigenvalue weighted by molar-refractivity contribution is 7.99. The van der Waals surface area contributed by atoms with Crippen molar-refractivity contribution in [1.29, 1.82) is 0 Å². The number of sulfonamides is 1. The SMILES string of the molecule is CCSCC(C)NS(=O)(=O)c1cc(Cl)cc(CN)c1Cl. The van der Waals surface area contributed by atoms with E-state index in [4.69, 9.17) is 28.9 Å². The smallest absolute Gasteiger partial charge is 0.242 e. The van der Waals surface area contributed by atoms with Crippen LogP contribution in [0.25, 0.3) is 0 Å². The van der Waals surface area contributed by atoms with E-state index in [-0.39, 0.29) is 22.5 Å². The van der Waals surface area contributed by atoms with Gasteiger partial charge in [0, 0.05) is 23.4 Å². The highest BCUT2D eigenvalue weighted by atomic mass is 35.5. The van der Waals surface area contributed by atoms with Crippen LogP contribution >= 0.6 is 35.0 Å². The molecule has 0 amide bonds. The Morgan fingerprint density at radius 3 is 2.60 bits per heavy atom. The molecule has 8 heteroatoms. The molecule has 0 aliphatic heterocycles. The molecule has 3 N–H and O–H groups in total. The zero-order chi connectivity index (χ0) is 15.3. The van der Waals surface area contributed by atoms with Crippen LogP contribution in [0.5, 0.6) is 0 Å². The van der Waals surface area contributed by atoms with Gasteiger partial charge in [0.25, 0.3) is 0 Å². The summed E-state index contributed by atoms with van der Waals surface area (Å²) < 4.78 is 27.3. The van der Waals surface area contributed by atoms with Crippen molar-refractivity contribution >= 4 is 45.0 Å². The van der Waals surface area contributed by atoms with E-state index >= 15 is 0 Å². The lowest BCUT2D eigenvalue weighted by molar-refractivity contribution is 0.571. The molecule has 1 aromatic rings. The minimum atomic E-state index is -3.71. The van der Waals surface area contributed by atoms with Gasteiger partial charge in [-0.25, -0.2) is 13.1 Å². The van der Waals surface area contributed by atoms with Crippen LogP contribution in [0.4, 0.5) is 0 Å². The highest BCUT2D eigenvalue weighted by Gasteiger charge is 2.22. The fourth-order valence-electron chi connectivity index (χ4n) is 1.62. The van der Waals surface area contributed by atoms with E-state index in [0.717, 1.165) is 5.75 Å². The van der Waals surface area contributed by atoms with Gasteiger partial charge in [-0.3, -0.25) is 0 Å². The van der Waals surface area contributed by atoms with Gasteiger partial charge < -0.3 is 5.73 Å². The third-order valence-electron chi connectivity index (χ3n) is 2.52. The van der Waals surface area contributed by atoms with Gasteiger partial charge in [-0.15, -0.1) is 0 Å². The van der Waals surface area contributed by atoms with Crippen molar-refractivity contribution in [2.45, 2.75) is 31.3 Å². The molecule has 0 aromatic heterocycles. The first-order valence-corrected chi connectivity index (χ1v) is 9.49. The molecule has 0 bridgehead atoms. The van der Waals surface area contributed by atoms with Gasteiger partial charge in [-0.05, 0) is 30.4 Å². The zero-order valence-corrected chi connectivity index (χ0v) is 14.5.